The van der Waals surface area contributed by atoms with Crippen LogP contribution in [0.3, 0.4) is 0 Å². The van der Waals surface area contributed by atoms with Gasteiger partial charge in [-0.05, 0) is 6.92 Å². The van der Waals surface area contributed by atoms with Crippen LogP contribution in [-0.4, -0.2) is 25.7 Å². The summed E-state index contributed by atoms with van der Waals surface area (Å²) in [4.78, 5) is 18.9. The minimum absolute atomic E-state index is 0.0272. The predicted octanol–water partition coefficient (Wildman–Crippen LogP) is 0.424. The average molecular weight is 235 g/mol. The van der Waals surface area contributed by atoms with Crippen LogP contribution < -0.4 is 5.73 Å². The number of rotatable bonds is 2. The van der Waals surface area contributed by atoms with E-state index in [0.717, 1.165) is 6.20 Å². The zero-order chi connectivity index (χ0) is 12.6. The SMILES string of the molecule is Cc1ncc(F)c(-c2cnn(C)c2C(N)=O)n1. The molecule has 0 aromatic carbocycles. The van der Waals surface area contributed by atoms with Crippen LogP contribution in [0.4, 0.5) is 4.39 Å². The molecule has 0 unspecified atom stereocenters. The molecule has 2 aromatic heterocycles. The van der Waals surface area contributed by atoms with Gasteiger partial charge in [-0.25, -0.2) is 14.4 Å². The van der Waals surface area contributed by atoms with Crippen molar-refractivity contribution in [3.8, 4) is 11.3 Å². The average Bonchev–Trinajstić information content (AvgIpc) is 2.64. The first-order valence-corrected chi connectivity index (χ1v) is 4.82. The Bertz CT molecular complexity index is 592. The number of amides is 1. The highest BCUT2D eigenvalue weighted by molar-refractivity contribution is 5.97. The Labute approximate surface area is 96.3 Å². The lowest BCUT2D eigenvalue weighted by atomic mass is 10.1. The molecule has 0 atom stereocenters. The molecule has 6 nitrogen and oxygen atoms in total. The maximum atomic E-state index is 13.6. The van der Waals surface area contributed by atoms with Crippen molar-refractivity contribution < 1.29 is 9.18 Å². The topological polar surface area (TPSA) is 86.7 Å². The molecule has 0 aliphatic rings. The molecule has 2 heterocycles. The van der Waals surface area contributed by atoms with E-state index < -0.39 is 11.7 Å². The summed E-state index contributed by atoms with van der Waals surface area (Å²) in [5.74, 6) is -0.901. The van der Waals surface area contributed by atoms with Gasteiger partial charge in [0.2, 0.25) is 0 Å². The predicted molar refractivity (Wildman–Crippen MR) is 57.4 cm³/mol. The molecule has 7 heteroatoms. The van der Waals surface area contributed by atoms with Crippen molar-refractivity contribution >= 4 is 5.91 Å². The smallest absolute Gasteiger partial charge is 0.267 e. The van der Waals surface area contributed by atoms with E-state index in [-0.39, 0.29) is 17.0 Å². The second kappa shape index (κ2) is 3.93. The van der Waals surface area contributed by atoms with E-state index in [1.54, 1.807) is 14.0 Å². The summed E-state index contributed by atoms with van der Waals surface area (Å²) in [6.07, 6.45) is 2.40. The van der Waals surface area contributed by atoms with Crippen LogP contribution in [0.2, 0.25) is 0 Å². The third-order valence-electron chi connectivity index (χ3n) is 2.29. The lowest BCUT2D eigenvalue weighted by molar-refractivity contribution is 0.0992. The number of halogens is 1. The largest absolute Gasteiger partial charge is 0.364 e. The highest BCUT2D eigenvalue weighted by Crippen LogP contribution is 2.23. The van der Waals surface area contributed by atoms with Crippen molar-refractivity contribution in [2.24, 2.45) is 12.8 Å². The second-order valence-electron chi connectivity index (χ2n) is 3.51. The maximum absolute atomic E-state index is 13.6. The molecule has 0 bridgehead atoms. The molecule has 0 spiro atoms. The number of carbonyl (C=O) groups is 1. The van der Waals surface area contributed by atoms with Gasteiger partial charge in [0, 0.05) is 7.05 Å². The number of primary amides is 1. The van der Waals surface area contributed by atoms with Crippen LogP contribution in [0.15, 0.2) is 12.4 Å². The second-order valence-corrected chi connectivity index (χ2v) is 3.51. The summed E-state index contributed by atoms with van der Waals surface area (Å²) >= 11 is 0. The van der Waals surface area contributed by atoms with Gasteiger partial charge in [-0.1, -0.05) is 0 Å². The van der Waals surface area contributed by atoms with Crippen LogP contribution in [0.1, 0.15) is 16.3 Å². The van der Waals surface area contributed by atoms with E-state index in [1.165, 1.54) is 10.9 Å². The summed E-state index contributed by atoms with van der Waals surface area (Å²) in [5, 5.41) is 3.87. The first-order valence-electron chi connectivity index (χ1n) is 4.82. The fourth-order valence-corrected chi connectivity index (χ4v) is 1.55. The number of aryl methyl sites for hydroxylation is 2. The van der Waals surface area contributed by atoms with Gasteiger partial charge in [0.15, 0.2) is 5.82 Å². The third-order valence-corrected chi connectivity index (χ3v) is 2.29. The van der Waals surface area contributed by atoms with Gasteiger partial charge in [-0.2, -0.15) is 5.10 Å². The highest BCUT2D eigenvalue weighted by Gasteiger charge is 2.19. The molecule has 0 fully saturated rings. The minimum Gasteiger partial charge on any atom is -0.364 e. The Hall–Kier alpha value is -2.31. The molecule has 2 aromatic rings. The molecule has 0 saturated carbocycles. The molecule has 88 valence electrons. The summed E-state index contributed by atoms with van der Waals surface area (Å²) in [6, 6.07) is 0. The van der Waals surface area contributed by atoms with Crippen molar-refractivity contribution in [1.82, 2.24) is 19.7 Å². The maximum Gasteiger partial charge on any atom is 0.267 e. The first-order chi connectivity index (χ1) is 8.00. The van der Waals surface area contributed by atoms with Crippen LogP contribution in [0.5, 0.6) is 0 Å². The fraction of sp³-hybridized carbons (Fsp3) is 0.200. The van der Waals surface area contributed by atoms with Crippen LogP contribution in [0, 0.1) is 12.7 Å². The summed E-state index contributed by atoms with van der Waals surface area (Å²) in [6.45, 7) is 1.63. The van der Waals surface area contributed by atoms with Crippen LogP contribution in [0.25, 0.3) is 11.3 Å². The first kappa shape index (κ1) is 11.2. The number of carbonyl (C=O) groups excluding carboxylic acids is 1. The van der Waals surface area contributed by atoms with E-state index in [1.807, 2.05) is 0 Å². The number of hydrogen-bond donors (Lipinski definition) is 1. The quantitative estimate of drug-likeness (QED) is 0.817. The van der Waals surface area contributed by atoms with Crippen molar-refractivity contribution in [1.29, 1.82) is 0 Å². The van der Waals surface area contributed by atoms with Gasteiger partial charge in [0.1, 0.15) is 17.2 Å². The monoisotopic (exact) mass is 235 g/mol. The van der Waals surface area contributed by atoms with Crippen LogP contribution >= 0.6 is 0 Å². The summed E-state index contributed by atoms with van der Waals surface area (Å²) in [7, 11) is 1.55. The van der Waals surface area contributed by atoms with E-state index in [4.69, 9.17) is 5.73 Å². The Morgan fingerprint density at radius 2 is 2.18 bits per heavy atom. The summed E-state index contributed by atoms with van der Waals surface area (Å²) < 4.78 is 14.9. The molecule has 2 rings (SSSR count). The number of nitrogens with two attached hydrogens (primary N) is 1. The van der Waals surface area contributed by atoms with Gasteiger partial charge in [0.25, 0.3) is 5.91 Å². The standard InChI is InChI=1S/C10H10FN5O/c1-5-13-4-7(11)8(15-5)6-3-14-16(2)9(6)10(12)17/h3-4H,1-2H3,(H2,12,17). The lowest BCUT2D eigenvalue weighted by Gasteiger charge is -2.03. The van der Waals surface area contributed by atoms with Gasteiger partial charge in [-0.3, -0.25) is 9.48 Å². The van der Waals surface area contributed by atoms with E-state index in [9.17, 15) is 9.18 Å². The number of nitrogens with zero attached hydrogens (tertiary/aromatic N) is 4. The fourth-order valence-electron chi connectivity index (χ4n) is 1.55. The number of hydrogen-bond acceptors (Lipinski definition) is 4. The van der Waals surface area contributed by atoms with E-state index in [2.05, 4.69) is 15.1 Å². The van der Waals surface area contributed by atoms with E-state index >= 15 is 0 Å². The number of aromatic nitrogens is 4. The Balaban J connectivity index is 2.68. The Morgan fingerprint density at radius 1 is 1.47 bits per heavy atom. The normalized spacial score (nSPS) is 10.5. The Morgan fingerprint density at radius 3 is 2.82 bits per heavy atom. The van der Waals surface area contributed by atoms with Gasteiger partial charge in [0.05, 0.1) is 18.0 Å². The molecule has 1 amide bonds. The van der Waals surface area contributed by atoms with Crippen molar-refractivity contribution in [3.63, 3.8) is 0 Å². The zero-order valence-corrected chi connectivity index (χ0v) is 9.31. The molecule has 17 heavy (non-hydrogen) atoms. The Kier molecular flexibility index (Phi) is 2.58. The molecular weight excluding hydrogens is 225 g/mol. The lowest BCUT2D eigenvalue weighted by Crippen LogP contribution is -2.17. The molecule has 0 saturated heterocycles. The van der Waals surface area contributed by atoms with Crippen LogP contribution in [-0.2, 0) is 7.05 Å². The molecule has 2 N–H and O–H groups in total. The molecule has 0 radical (unpaired) electrons. The van der Waals surface area contributed by atoms with Crippen molar-refractivity contribution in [3.05, 3.63) is 29.7 Å². The third kappa shape index (κ3) is 1.86. The summed E-state index contributed by atoms with van der Waals surface area (Å²) in [5.41, 5.74) is 5.63. The van der Waals surface area contributed by atoms with Gasteiger partial charge >= 0.3 is 0 Å². The highest BCUT2D eigenvalue weighted by atomic mass is 19.1. The minimum atomic E-state index is -0.685. The van der Waals surface area contributed by atoms with Gasteiger partial charge < -0.3 is 5.73 Å². The molecule has 0 aliphatic heterocycles. The van der Waals surface area contributed by atoms with Gasteiger partial charge in [-0.15, -0.1) is 0 Å². The van der Waals surface area contributed by atoms with Crippen molar-refractivity contribution in [2.75, 3.05) is 0 Å². The van der Waals surface area contributed by atoms with E-state index in [0.29, 0.717) is 5.82 Å². The molecule has 0 aliphatic carbocycles. The van der Waals surface area contributed by atoms with Crippen molar-refractivity contribution in [2.45, 2.75) is 6.92 Å². The zero-order valence-electron chi connectivity index (χ0n) is 9.31. The molecular formula is C10H10FN5O.